The SMILES string of the molecule is CC1CN(c2cccc(C(N)=S)n2)CC(C)S1. The van der Waals surface area contributed by atoms with Crippen LogP contribution in [0.5, 0.6) is 0 Å². The number of hydrogen-bond acceptors (Lipinski definition) is 4. The van der Waals surface area contributed by atoms with E-state index in [9.17, 15) is 0 Å². The van der Waals surface area contributed by atoms with Gasteiger partial charge in [0.15, 0.2) is 0 Å². The van der Waals surface area contributed by atoms with Crippen LogP contribution in [0.1, 0.15) is 19.5 Å². The standard InChI is InChI=1S/C12H17N3S2/c1-8-6-15(7-9(2)17-8)11-5-3-4-10(14-11)12(13)16/h3-5,8-9H,6-7H2,1-2H3,(H2,13,16). The molecule has 1 aliphatic heterocycles. The van der Waals surface area contributed by atoms with Crippen molar-refractivity contribution in [3.8, 4) is 0 Å². The van der Waals surface area contributed by atoms with Gasteiger partial charge in [0.2, 0.25) is 0 Å². The largest absolute Gasteiger partial charge is 0.388 e. The smallest absolute Gasteiger partial charge is 0.129 e. The fraction of sp³-hybridized carbons (Fsp3) is 0.500. The molecule has 2 heterocycles. The number of thiocarbonyl (C=S) groups is 1. The van der Waals surface area contributed by atoms with E-state index in [0.717, 1.165) is 18.9 Å². The maximum atomic E-state index is 5.61. The summed E-state index contributed by atoms with van der Waals surface area (Å²) in [6.45, 7) is 6.57. The summed E-state index contributed by atoms with van der Waals surface area (Å²) >= 11 is 6.99. The number of rotatable bonds is 2. The average Bonchev–Trinajstić information content (AvgIpc) is 2.28. The van der Waals surface area contributed by atoms with Crippen molar-refractivity contribution in [1.82, 2.24) is 4.98 Å². The van der Waals surface area contributed by atoms with Crippen LogP contribution in [0.4, 0.5) is 5.82 Å². The summed E-state index contributed by atoms with van der Waals surface area (Å²) in [5.41, 5.74) is 6.32. The summed E-state index contributed by atoms with van der Waals surface area (Å²) in [5.74, 6) is 0.981. The summed E-state index contributed by atoms with van der Waals surface area (Å²) in [7, 11) is 0. The molecule has 0 radical (unpaired) electrons. The Kier molecular flexibility index (Phi) is 3.89. The fourth-order valence-electron chi connectivity index (χ4n) is 2.10. The maximum Gasteiger partial charge on any atom is 0.129 e. The van der Waals surface area contributed by atoms with Crippen LogP contribution in [-0.2, 0) is 0 Å². The Balaban J connectivity index is 2.21. The Morgan fingerprint density at radius 1 is 1.41 bits per heavy atom. The van der Waals surface area contributed by atoms with Crippen LogP contribution in [0.2, 0.25) is 0 Å². The van der Waals surface area contributed by atoms with E-state index in [-0.39, 0.29) is 0 Å². The van der Waals surface area contributed by atoms with Gasteiger partial charge in [-0.2, -0.15) is 11.8 Å². The summed E-state index contributed by atoms with van der Waals surface area (Å²) in [5, 5.41) is 1.27. The van der Waals surface area contributed by atoms with Crippen molar-refractivity contribution in [1.29, 1.82) is 0 Å². The lowest BCUT2D eigenvalue weighted by Crippen LogP contribution is -2.41. The van der Waals surface area contributed by atoms with Crippen molar-refractivity contribution < 1.29 is 0 Å². The Morgan fingerprint density at radius 2 is 2.06 bits per heavy atom. The van der Waals surface area contributed by atoms with Crippen LogP contribution in [0, 0.1) is 0 Å². The second-order valence-electron chi connectivity index (χ2n) is 4.41. The van der Waals surface area contributed by atoms with E-state index in [1.807, 2.05) is 30.0 Å². The quantitative estimate of drug-likeness (QED) is 0.831. The topological polar surface area (TPSA) is 42.1 Å². The molecule has 0 saturated carbocycles. The number of anilines is 1. The first-order valence-corrected chi connectivity index (χ1v) is 7.08. The molecule has 1 aromatic heterocycles. The van der Waals surface area contributed by atoms with Crippen molar-refractivity contribution in [3.63, 3.8) is 0 Å². The summed E-state index contributed by atoms with van der Waals surface area (Å²) in [6, 6.07) is 5.85. The van der Waals surface area contributed by atoms with Gasteiger partial charge in [-0.25, -0.2) is 4.98 Å². The molecule has 2 atom stereocenters. The minimum Gasteiger partial charge on any atom is -0.388 e. The molecule has 0 aromatic carbocycles. The normalized spacial score (nSPS) is 24.7. The maximum absolute atomic E-state index is 5.61. The van der Waals surface area contributed by atoms with E-state index in [2.05, 4.69) is 23.7 Å². The van der Waals surface area contributed by atoms with Crippen LogP contribution >= 0.6 is 24.0 Å². The predicted octanol–water partition coefficient (Wildman–Crippen LogP) is 2.05. The minimum atomic E-state index is 0.360. The zero-order valence-corrected chi connectivity index (χ0v) is 11.7. The molecular formula is C12H17N3S2. The van der Waals surface area contributed by atoms with Crippen molar-refractivity contribution >= 4 is 34.8 Å². The second kappa shape index (κ2) is 5.23. The van der Waals surface area contributed by atoms with E-state index >= 15 is 0 Å². The van der Waals surface area contributed by atoms with Crippen LogP contribution in [0.15, 0.2) is 18.2 Å². The molecule has 1 aliphatic rings. The lowest BCUT2D eigenvalue weighted by atomic mass is 10.3. The first-order chi connectivity index (χ1) is 8.06. The van der Waals surface area contributed by atoms with Crippen LogP contribution in [0.25, 0.3) is 0 Å². The Bertz CT molecular complexity index is 412. The number of pyridine rings is 1. The summed E-state index contributed by atoms with van der Waals surface area (Å²) < 4.78 is 0. The minimum absolute atomic E-state index is 0.360. The van der Waals surface area contributed by atoms with Gasteiger partial charge in [-0.1, -0.05) is 32.1 Å². The molecule has 5 heteroatoms. The van der Waals surface area contributed by atoms with Gasteiger partial charge in [0.05, 0.1) is 5.69 Å². The van der Waals surface area contributed by atoms with E-state index in [1.165, 1.54) is 0 Å². The highest BCUT2D eigenvalue weighted by Crippen LogP contribution is 2.27. The molecule has 0 aliphatic carbocycles. The lowest BCUT2D eigenvalue weighted by Gasteiger charge is -2.35. The molecule has 1 fully saturated rings. The van der Waals surface area contributed by atoms with Crippen molar-refractivity contribution in [2.24, 2.45) is 5.73 Å². The molecule has 3 nitrogen and oxygen atoms in total. The number of hydrogen-bond donors (Lipinski definition) is 1. The first kappa shape index (κ1) is 12.6. The molecule has 1 aromatic rings. The zero-order chi connectivity index (χ0) is 12.4. The monoisotopic (exact) mass is 267 g/mol. The highest BCUT2D eigenvalue weighted by atomic mass is 32.2. The summed E-state index contributed by atoms with van der Waals surface area (Å²) in [6.07, 6.45) is 0. The number of thioether (sulfide) groups is 1. The molecule has 2 unspecified atom stereocenters. The lowest BCUT2D eigenvalue weighted by molar-refractivity contribution is 0.718. The average molecular weight is 267 g/mol. The van der Waals surface area contributed by atoms with Gasteiger partial charge in [-0.05, 0) is 12.1 Å². The van der Waals surface area contributed by atoms with Gasteiger partial charge >= 0.3 is 0 Å². The molecule has 17 heavy (non-hydrogen) atoms. The molecular weight excluding hydrogens is 250 g/mol. The van der Waals surface area contributed by atoms with Crippen molar-refractivity contribution in [2.75, 3.05) is 18.0 Å². The summed E-state index contributed by atoms with van der Waals surface area (Å²) in [4.78, 5) is 7.19. The van der Waals surface area contributed by atoms with Gasteiger partial charge < -0.3 is 10.6 Å². The first-order valence-electron chi connectivity index (χ1n) is 5.73. The van der Waals surface area contributed by atoms with E-state index in [1.54, 1.807) is 0 Å². The molecule has 92 valence electrons. The van der Waals surface area contributed by atoms with Crippen molar-refractivity contribution in [3.05, 3.63) is 23.9 Å². The second-order valence-corrected chi connectivity index (χ2v) is 6.73. The zero-order valence-electron chi connectivity index (χ0n) is 10.1. The molecule has 2 N–H and O–H groups in total. The van der Waals surface area contributed by atoms with Gasteiger partial charge in [-0.15, -0.1) is 0 Å². The number of nitrogens with two attached hydrogens (primary N) is 1. The van der Waals surface area contributed by atoms with Crippen molar-refractivity contribution in [2.45, 2.75) is 24.3 Å². The third-order valence-corrected chi connectivity index (χ3v) is 4.17. The van der Waals surface area contributed by atoms with E-state index in [0.29, 0.717) is 21.2 Å². The van der Waals surface area contributed by atoms with Crippen LogP contribution < -0.4 is 10.6 Å². The van der Waals surface area contributed by atoms with Gasteiger partial charge in [0, 0.05) is 23.6 Å². The third-order valence-electron chi connectivity index (χ3n) is 2.73. The molecule has 1 saturated heterocycles. The van der Waals surface area contributed by atoms with Crippen LogP contribution in [-0.4, -0.2) is 33.6 Å². The van der Waals surface area contributed by atoms with Gasteiger partial charge in [-0.3, -0.25) is 0 Å². The van der Waals surface area contributed by atoms with E-state index < -0.39 is 0 Å². The molecule has 0 spiro atoms. The molecule has 0 bridgehead atoms. The highest BCUT2D eigenvalue weighted by Gasteiger charge is 2.23. The third kappa shape index (κ3) is 3.10. The van der Waals surface area contributed by atoms with Gasteiger partial charge in [0.25, 0.3) is 0 Å². The van der Waals surface area contributed by atoms with Crippen LogP contribution in [0.3, 0.4) is 0 Å². The molecule has 0 amide bonds. The molecule has 2 rings (SSSR count). The fourth-order valence-corrected chi connectivity index (χ4v) is 3.54. The Morgan fingerprint density at radius 3 is 2.65 bits per heavy atom. The highest BCUT2D eigenvalue weighted by molar-refractivity contribution is 8.00. The number of aromatic nitrogens is 1. The Labute approximate surface area is 112 Å². The van der Waals surface area contributed by atoms with Gasteiger partial charge in [0.1, 0.15) is 10.8 Å². The Hall–Kier alpha value is -0.810. The number of nitrogens with zero attached hydrogens (tertiary/aromatic N) is 2. The van der Waals surface area contributed by atoms with E-state index in [4.69, 9.17) is 18.0 Å². The predicted molar refractivity (Wildman–Crippen MR) is 78.9 cm³/mol.